The maximum atomic E-state index is 10.7. The van der Waals surface area contributed by atoms with Crippen molar-refractivity contribution in [2.75, 3.05) is 0 Å². The van der Waals surface area contributed by atoms with Crippen LogP contribution in [0.4, 0.5) is 0 Å². The average molecular weight is 265 g/mol. The van der Waals surface area contributed by atoms with E-state index in [1.807, 2.05) is 16.8 Å². The topological polar surface area (TPSA) is 63.3 Å². The molecule has 0 bridgehead atoms. The molecular formula is C13H15NO3S. The number of aliphatic carboxylic acids is 1. The normalized spacial score (nSPS) is 12.5. The van der Waals surface area contributed by atoms with Gasteiger partial charge < -0.3 is 9.52 Å². The van der Waals surface area contributed by atoms with Gasteiger partial charge >= 0.3 is 5.97 Å². The van der Waals surface area contributed by atoms with Crippen LogP contribution in [-0.2, 0) is 11.2 Å². The van der Waals surface area contributed by atoms with Crippen LogP contribution in [0.2, 0.25) is 0 Å². The van der Waals surface area contributed by atoms with E-state index >= 15 is 0 Å². The van der Waals surface area contributed by atoms with E-state index in [9.17, 15) is 4.79 Å². The molecular weight excluding hydrogens is 250 g/mol. The zero-order valence-electron chi connectivity index (χ0n) is 10.1. The Hall–Kier alpha value is -1.62. The molecule has 5 heteroatoms. The third kappa shape index (κ3) is 3.20. The maximum Gasteiger partial charge on any atom is 0.306 e. The molecule has 0 aliphatic carbocycles. The zero-order chi connectivity index (χ0) is 13.0. The van der Waals surface area contributed by atoms with E-state index in [0.717, 1.165) is 17.7 Å². The Morgan fingerprint density at radius 1 is 1.61 bits per heavy atom. The Bertz CT molecular complexity index is 504. The van der Waals surface area contributed by atoms with Crippen LogP contribution in [0.15, 0.2) is 27.5 Å². The minimum Gasteiger partial charge on any atom is -0.481 e. The molecule has 0 amide bonds. The first-order valence-corrected chi connectivity index (χ1v) is 6.81. The lowest BCUT2D eigenvalue weighted by Crippen LogP contribution is -2.09. The van der Waals surface area contributed by atoms with Crippen LogP contribution in [0.1, 0.15) is 25.7 Å². The average Bonchev–Trinajstić information content (AvgIpc) is 2.98. The Morgan fingerprint density at radius 3 is 3.11 bits per heavy atom. The van der Waals surface area contributed by atoms with Crippen LogP contribution in [-0.4, -0.2) is 16.1 Å². The summed E-state index contributed by atoms with van der Waals surface area (Å²) in [5, 5.41) is 12.8. The van der Waals surface area contributed by atoms with Crippen molar-refractivity contribution in [2.24, 2.45) is 5.92 Å². The summed E-state index contributed by atoms with van der Waals surface area (Å²) in [4.78, 5) is 15.1. The predicted molar refractivity (Wildman–Crippen MR) is 69.6 cm³/mol. The first kappa shape index (κ1) is 12.8. The second-order valence-electron chi connectivity index (χ2n) is 4.27. The van der Waals surface area contributed by atoms with Crippen molar-refractivity contribution in [3.63, 3.8) is 0 Å². The van der Waals surface area contributed by atoms with E-state index in [1.54, 1.807) is 24.5 Å². The van der Waals surface area contributed by atoms with Crippen LogP contribution in [0, 0.1) is 5.92 Å². The van der Waals surface area contributed by atoms with Gasteiger partial charge in [-0.05, 0) is 24.3 Å². The Morgan fingerprint density at radius 2 is 2.44 bits per heavy atom. The molecule has 1 unspecified atom stereocenters. The van der Waals surface area contributed by atoms with E-state index in [-0.39, 0.29) is 5.92 Å². The number of thiophene rings is 1. The standard InChI is InChI=1S/C13H15NO3S/c1-9(13(15)16)3-2-4-12-14-11(7-17-12)10-5-6-18-8-10/h5-9H,2-4H2,1H3,(H,15,16). The first-order valence-electron chi connectivity index (χ1n) is 5.86. The number of rotatable bonds is 6. The molecule has 0 radical (unpaired) electrons. The quantitative estimate of drug-likeness (QED) is 0.869. The summed E-state index contributed by atoms with van der Waals surface area (Å²) < 4.78 is 5.38. The van der Waals surface area contributed by atoms with Gasteiger partial charge in [-0.3, -0.25) is 4.79 Å². The molecule has 96 valence electrons. The van der Waals surface area contributed by atoms with Crippen LogP contribution in [0.3, 0.4) is 0 Å². The third-order valence-electron chi connectivity index (χ3n) is 2.82. The Balaban J connectivity index is 1.86. The summed E-state index contributed by atoms with van der Waals surface area (Å²) in [6.45, 7) is 1.72. The molecule has 0 saturated heterocycles. The van der Waals surface area contributed by atoms with E-state index in [4.69, 9.17) is 9.52 Å². The number of nitrogens with zero attached hydrogens (tertiary/aromatic N) is 1. The molecule has 0 saturated carbocycles. The minimum atomic E-state index is -0.749. The third-order valence-corrected chi connectivity index (χ3v) is 3.50. The van der Waals surface area contributed by atoms with E-state index in [2.05, 4.69) is 4.98 Å². The Labute approximate surface area is 109 Å². The van der Waals surface area contributed by atoms with Crippen molar-refractivity contribution < 1.29 is 14.3 Å². The van der Waals surface area contributed by atoms with Crippen molar-refractivity contribution in [2.45, 2.75) is 26.2 Å². The second-order valence-corrected chi connectivity index (χ2v) is 5.05. The minimum absolute atomic E-state index is 0.309. The van der Waals surface area contributed by atoms with Gasteiger partial charge in [0.15, 0.2) is 5.89 Å². The molecule has 18 heavy (non-hydrogen) atoms. The molecule has 2 aromatic heterocycles. The molecule has 4 nitrogen and oxygen atoms in total. The molecule has 2 rings (SSSR count). The fourth-order valence-corrected chi connectivity index (χ4v) is 2.30. The zero-order valence-corrected chi connectivity index (χ0v) is 10.9. The molecule has 1 atom stereocenters. The molecule has 1 N–H and O–H groups in total. The molecule has 2 heterocycles. The molecule has 2 aromatic rings. The first-order chi connectivity index (χ1) is 8.66. The number of carboxylic acid groups (broad SMARTS) is 1. The molecule has 0 aromatic carbocycles. The number of hydrogen-bond acceptors (Lipinski definition) is 4. The highest BCUT2D eigenvalue weighted by Gasteiger charge is 2.11. The van der Waals surface area contributed by atoms with Crippen LogP contribution in [0.5, 0.6) is 0 Å². The lowest BCUT2D eigenvalue weighted by atomic mass is 10.0. The van der Waals surface area contributed by atoms with Crippen molar-refractivity contribution >= 4 is 17.3 Å². The van der Waals surface area contributed by atoms with E-state index < -0.39 is 5.97 Å². The van der Waals surface area contributed by atoms with E-state index in [0.29, 0.717) is 18.7 Å². The molecule has 0 aliphatic rings. The highest BCUT2D eigenvalue weighted by molar-refractivity contribution is 7.08. The fraction of sp³-hybridized carbons (Fsp3) is 0.385. The van der Waals surface area contributed by atoms with Gasteiger partial charge in [-0.25, -0.2) is 4.98 Å². The summed E-state index contributed by atoms with van der Waals surface area (Å²) >= 11 is 1.62. The number of carboxylic acids is 1. The Kier molecular flexibility index (Phi) is 4.15. The summed E-state index contributed by atoms with van der Waals surface area (Å²) in [7, 11) is 0. The van der Waals surface area contributed by atoms with Crippen molar-refractivity contribution in [3.8, 4) is 11.3 Å². The number of oxazole rings is 1. The van der Waals surface area contributed by atoms with Crippen molar-refractivity contribution in [3.05, 3.63) is 29.0 Å². The van der Waals surface area contributed by atoms with Gasteiger partial charge in [-0.2, -0.15) is 11.3 Å². The van der Waals surface area contributed by atoms with Gasteiger partial charge in [0.25, 0.3) is 0 Å². The smallest absolute Gasteiger partial charge is 0.306 e. The molecule has 0 spiro atoms. The lowest BCUT2D eigenvalue weighted by molar-refractivity contribution is -0.141. The van der Waals surface area contributed by atoms with Crippen LogP contribution < -0.4 is 0 Å². The SMILES string of the molecule is CC(CCCc1nc(-c2ccsc2)co1)C(=O)O. The fourth-order valence-electron chi connectivity index (χ4n) is 1.65. The predicted octanol–water partition coefficient (Wildman–Crippen LogP) is 3.45. The molecule has 0 fully saturated rings. The van der Waals surface area contributed by atoms with E-state index in [1.165, 1.54) is 0 Å². The van der Waals surface area contributed by atoms with Gasteiger partial charge in [0.1, 0.15) is 12.0 Å². The molecule has 0 aliphatic heterocycles. The number of aryl methyl sites for hydroxylation is 1. The second kappa shape index (κ2) is 5.82. The lowest BCUT2D eigenvalue weighted by Gasteiger charge is -2.03. The maximum absolute atomic E-state index is 10.7. The summed E-state index contributed by atoms with van der Waals surface area (Å²) in [5.74, 6) is -0.383. The van der Waals surface area contributed by atoms with Gasteiger partial charge in [0.05, 0.1) is 5.92 Å². The number of hydrogen-bond donors (Lipinski definition) is 1. The largest absolute Gasteiger partial charge is 0.481 e. The van der Waals surface area contributed by atoms with Gasteiger partial charge in [-0.1, -0.05) is 6.92 Å². The number of carbonyl (C=O) groups is 1. The summed E-state index contributed by atoms with van der Waals surface area (Å²) in [6, 6.07) is 2.00. The van der Waals surface area contributed by atoms with Crippen LogP contribution in [0.25, 0.3) is 11.3 Å². The van der Waals surface area contributed by atoms with Gasteiger partial charge in [0, 0.05) is 17.4 Å². The number of aromatic nitrogens is 1. The van der Waals surface area contributed by atoms with Gasteiger partial charge in [0.2, 0.25) is 0 Å². The van der Waals surface area contributed by atoms with Crippen LogP contribution >= 0.6 is 11.3 Å². The monoisotopic (exact) mass is 265 g/mol. The summed E-state index contributed by atoms with van der Waals surface area (Å²) in [5.41, 5.74) is 1.91. The van der Waals surface area contributed by atoms with Crippen molar-refractivity contribution in [1.29, 1.82) is 0 Å². The van der Waals surface area contributed by atoms with Crippen molar-refractivity contribution in [1.82, 2.24) is 4.98 Å². The highest BCUT2D eigenvalue weighted by atomic mass is 32.1. The van der Waals surface area contributed by atoms with Gasteiger partial charge in [-0.15, -0.1) is 0 Å². The highest BCUT2D eigenvalue weighted by Crippen LogP contribution is 2.22. The summed E-state index contributed by atoms with van der Waals surface area (Å²) in [6.07, 6.45) is 3.75.